The molecule has 0 spiro atoms. The predicted octanol–water partition coefficient (Wildman–Crippen LogP) is 3.20. The lowest BCUT2D eigenvalue weighted by atomic mass is 9.56. The minimum absolute atomic E-state index is 0.0712. The molecule has 0 aromatic carbocycles. The van der Waals surface area contributed by atoms with Crippen LogP contribution in [0.3, 0.4) is 0 Å². The van der Waals surface area contributed by atoms with Crippen LogP contribution in [0.15, 0.2) is 0 Å². The van der Waals surface area contributed by atoms with Crippen LogP contribution in [0.5, 0.6) is 0 Å². The summed E-state index contributed by atoms with van der Waals surface area (Å²) in [4.78, 5) is 0. The number of rotatable bonds is 1. The minimum atomic E-state index is -2.77. The lowest BCUT2D eigenvalue weighted by molar-refractivity contribution is 0.0226. The lowest BCUT2D eigenvalue weighted by Gasteiger charge is -2.56. The summed E-state index contributed by atoms with van der Waals surface area (Å²) in [5, 5.41) is -0.0712. The Kier molecular flexibility index (Phi) is 1.97. The largest absolute Gasteiger partial charge is 0.336 e. The maximum atomic E-state index is 12.8. The molecule has 0 amide bonds. The Morgan fingerprint density at radius 3 is 1.75 bits per heavy atom. The zero-order valence-corrected chi connectivity index (χ0v) is 10.5. The molecular formula is C12H19O3P. The molecule has 16 heavy (non-hydrogen) atoms. The molecule has 1 heterocycles. The van der Waals surface area contributed by atoms with Crippen LogP contribution in [0.1, 0.15) is 38.5 Å². The summed E-state index contributed by atoms with van der Waals surface area (Å²) in [6, 6.07) is 0. The van der Waals surface area contributed by atoms with Crippen molar-refractivity contribution in [2.45, 2.75) is 43.7 Å². The minimum Gasteiger partial charge on any atom is -0.306 e. The highest BCUT2D eigenvalue weighted by molar-refractivity contribution is 7.55. The van der Waals surface area contributed by atoms with Gasteiger partial charge in [-0.2, -0.15) is 0 Å². The third kappa shape index (κ3) is 1.20. The molecule has 0 aromatic heterocycles. The van der Waals surface area contributed by atoms with Gasteiger partial charge in [-0.05, 0) is 56.3 Å². The van der Waals surface area contributed by atoms with E-state index in [4.69, 9.17) is 9.05 Å². The molecule has 0 unspecified atom stereocenters. The van der Waals surface area contributed by atoms with Crippen molar-refractivity contribution >= 4 is 7.60 Å². The summed E-state index contributed by atoms with van der Waals surface area (Å²) in [7, 11) is -2.77. The first-order chi connectivity index (χ1) is 7.69. The van der Waals surface area contributed by atoms with Crippen LogP contribution in [0, 0.1) is 17.8 Å². The molecular weight excluding hydrogens is 223 g/mol. The molecule has 5 aliphatic rings. The molecule has 5 rings (SSSR count). The van der Waals surface area contributed by atoms with Gasteiger partial charge < -0.3 is 9.05 Å². The smallest absolute Gasteiger partial charge is 0.306 e. The Morgan fingerprint density at radius 1 is 0.875 bits per heavy atom. The fourth-order valence-corrected chi connectivity index (χ4v) is 7.72. The second-order valence-corrected chi connectivity index (χ2v) is 8.77. The van der Waals surface area contributed by atoms with Crippen LogP contribution in [0.4, 0.5) is 0 Å². The zero-order valence-electron chi connectivity index (χ0n) is 9.56. The third-order valence-electron chi connectivity index (χ3n) is 5.19. The Morgan fingerprint density at radius 2 is 1.31 bits per heavy atom. The van der Waals surface area contributed by atoms with Gasteiger partial charge in [0.25, 0.3) is 0 Å². The second kappa shape index (κ2) is 3.13. The summed E-state index contributed by atoms with van der Waals surface area (Å²) in [5.41, 5.74) is 0. The van der Waals surface area contributed by atoms with Gasteiger partial charge in [0.15, 0.2) is 0 Å². The molecule has 5 fully saturated rings. The van der Waals surface area contributed by atoms with Crippen molar-refractivity contribution in [1.29, 1.82) is 0 Å². The van der Waals surface area contributed by atoms with E-state index in [0.717, 1.165) is 37.0 Å². The van der Waals surface area contributed by atoms with Crippen molar-refractivity contribution in [2.24, 2.45) is 17.8 Å². The van der Waals surface area contributed by atoms with Crippen LogP contribution >= 0.6 is 7.60 Å². The normalized spacial score (nSPS) is 53.4. The average molecular weight is 242 g/mol. The Labute approximate surface area is 96.4 Å². The van der Waals surface area contributed by atoms with Crippen LogP contribution < -0.4 is 0 Å². The fraction of sp³-hybridized carbons (Fsp3) is 1.00. The van der Waals surface area contributed by atoms with E-state index < -0.39 is 7.60 Å². The van der Waals surface area contributed by atoms with E-state index in [1.807, 2.05) is 0 Å². The summed E-state index contributed by atoms with van der Waals surface area (Å²) >= 11 is 0. The fourth-order valence-electron chi connectivity index (χ4n) is 5.03. The van der Waals surface area contributed by atoms with E-state index in [-0.39, 0.29) is 5.16 Å². The first-order valence-electron chi connectivity index (χ1n) is 6.58. The van der Waals surface area contributed by atoms with Gasteiger partial charge in [-0.25, -0.2) is 0 Å². The van der Waals surface area contributed by atoms with Gasteiger partial charge in [0.1, 0.15) is 0 Å². The van der Waals surface area contributed by atoms with Crippen molar-refractivity contribution in [2.75, 3.05) is 13.2 Å². The Hall–Kier alpha value is 0.150. The van der Waals surface area contributed by atoms with E-state index in [1.165, 1.54) is 19.3 Å². The third-order valence-corrected chi connectivity index (χ3v) is 7.95. The molecule has 0 aromatic rings. The van der Waals surface area contributed by atoms with Crippen molar-refractivity contribution in [3.8, 4) is 0 Å². The highest BCUT2D eigenvalue weighted by Crippen LogP contribution is 2.74. The van der Waals surface area contributed by atoms with Crippen molar-refractivity contribution in [3.05, 3.63) is 0 Å². The maximum Gasteiger partial charge on any atom is 0.336 e. The van der Waals surface area contributed by atoms with Crippen molar-refractivity contribution < 1.29 is 13.6 Å². The molecule has 3 nitrogen and oxygen atoms in total. The average Bonchev–Trinajstić information content (AvgIpc) is 2.64. The zero-order chi connectivity index (χ0) is 10.8. The molecule has 1 saturated heterocycles. The Bertz CT molecular complexity index is 320. The molecule has 0 N–H and O–H groups in total. The molecule has 0 radical (unpaired) electrons. The lowest BCUT2D eigenvalue weighted by Crippen LogP contribution is -2.50. The highest BCUT2D eigenvalue weighted by Gasteiger charge is 2.62. The maximum absolute atomic E-state index is 12.8. The topological polar surface area (TPSA) is 35.5 Å². The van der Waals surface area contributed by atoms with Crippen LogP contribution in [0.2, 0.25) is 0 Å². The molecule has 90 valence electrons. The highest BCUT2D eigenvalue weighted by atomic mass is 31.2. The molecule has 1 aliphatic heterocycles. The monoisotopic (exact) mass is 242 g/mol. The Balaban J connectivity index is 1.73. The molecule has 4 saturated carbocycles. The first-order valence-corrected chi connectivity index (χ1v) is 8.13. The summed E-state index contributed by atoms with van der Waals surface area (Å²) < 4.78 is 23.9. The van der Waals surface area contributed by atoms with E-state index in [1.54, 1.807) is 0 Å². The van der Waals surface area contributed by atoms with Gasteiger partial charge >= 0.3 is 7.60 Å². The van der Waals surface area contributed by atoms with Crippen molar-refractivity contribution in [3.63, 3.8) is 0 Å². The van der Waals surface area contributed by atoms with Gasteiger partial charge in [0.05, 0.1) is 18.4 Å². The molecule has 4 aliphatic carbocycles. The van der Waals surface area contributed by atoms with Crippen LogP contribution in [0.25, 0.3) is 0 Å². The van der Waals surface area contributed by atoms with Gasteiger partial charge in [0, 0.05) is 0 Å². The number of hydrogen-bond acceptors (Lipinski definition) is 3. The van der Waals surface area contributed by atoms with E-state index in [0.29, 0.717) is 13.2 Å². The summed E-state index contributed by atoms with van der Waals surface area (Å²) in [6.07, 6.45) is 7.45. The quantitative estimate of drug-likeness (QED) is 0.662. The molecule has 0 atom stereocenters. The first kappa shape index (κ1) is 10.1. The summed E-state index contributed by atoms with van der Waals surface area (Å²) in [6.45, 7) is 1.08. The second-order valence-electron chi connectivity index (χ2n) is 6.31. The van der Waals surface area contributed by atoms with Gasteiger partial charge in [0.2, 0.25) is 0 Å². The van der Waals surface area contributed by atoms with Gasteiger partial charge in [-0.1, -0.05) is 0 Å². The van der Waals surface area contributed by atoms with Crippen LogP contribution in [-0.4, -0.2) is 18.4 Å². The van der Waals surface area contributed by atoms with Crippen LogP contribution in [-0.2, 0) is 13.6 Å². The predicted molar refractivity (Wildman–Crippen MR) is 60.4 cm³/mol. The summed E-state index contributed by atoms with van der Waals surface area (Å²) in [5.74, 6) is 2.43. The number of hydrogen-bond donors (Lipinski definition) is 0. The van der Waals surface area contributed by atoms with E-state index in [9.17, 15) is 4.57 Å². The van der Waals surface area contributed by atoms with E-state index >= 15 is 0 Å². The van der Waals surface area contributed by atoms with Crippen molar-refractivity contribution in [1.82, 2.24) is 0 Å². The van der Waals surface area contributed by atoms with Gasteiger partial charge in [-0.15, -0.1) is 0 Å². The van der Waals surface area contributed by atoms with Gasteiger partial charge in [-0.3, -0.25) is 4.57 Å². The molecule has 4 bridgehead atoms. The molecule has 4 heteroatoms. The van der Waals surface area contributed by atoms with E-state index in [2.05, 4.69) is 0 Å². The SMILES string of the molecule is O=P1(C23CC4CC(CC(C4)C2)C3)OCCO1. The standard InChI is InChI=1S/C12H19O3P/c13-16(14-1-2-15-16)12-6-9-3-10(7-12)5-11(4-9)8-12/h9-11H,1-8H2.